The lowest BCUT2D eigenvalue weighted by atomic mass is 10.1. The minimum Gasteiger partial charge on any atom is -0.465 e. The molecule has 0 saturated carbocycles. The van der Waals surface area contributed by atoms with Gasteiger partial charge < -0.3 is 10.1 Å². The Balaban J connectivity index is 2.15. The van der Waals surface area contributed by atoms with Crippen LogP contribution in [-0.4, -0.2) is 18.1 Å². The summed E-state index contributed by atoms with van der Waals surface area (Å²) in [6.07, 6.45) is 0. The first kappa shape index (κ1) is 13.5. The van der Waals surface area contributed by atoms with E-state index in [1.54, 1.807) is 17.4 Å². The van der Waals surface area contributed by atoms with Crippen LogP contribution in [0, 0.1) is 13.8 Å². The van der Waals surface area contributed by atoms with Gasteiger partial charge in [0.2, 0.25) is 0 Å². The molecule has 19 heavy (non-hydrogen) atoms. The van der Waals surface area contributed by atoms with E-state index in [2.05, 4.69) is 10.3 Å². The number of rotatable bonds is 4. The number of benzene rings is 1. The predicted octanol–water partition coefficient (Wildman–Crippen LogP) is 3.16. The largest absolute Gasteiger partial charge is 0.465 e. The van der Waals surface area contributed by atoms with Gasteiger partial charge in [-0.05, 0) is 31.5 Å². The lowest BCUT2D eigenvalue weighted by Gasteiger charge is -2.10. The Morgan fingerprint density at radius 1 is 1.42 bits per heavy atom. The normalized spacial score (nSPS) is 10.3. The first-order chi connectivity index (χ1) is 9.11. The second-order valence-electron chi connectivity index (χ2n) is 4.24. The number of hydrogen-bond acceptors (Lipinski definition) is 5. The molecule has 0 aliphatic heterocycles. The Hall–Kier alpha value is -1.88. The summed E-state index contributed by atoms with van der Waals surface area (Å²) in [7, 11) is 1.38. The Bertz CT molecular complexity index is 593. The molecule has 5 heteroatoms. The van der Waals surface area contributed by atoms with Gasteiger partial charge in [0, 0.05) is 10.6 Å². The van der Waals surface area contributed by atoms with E-state index in [4.69, 9.17) is 4.74 Å². The maximum Gasteiger partial charge on any atom is 0.337 e. The van der Waals surface area contributed by atoms with Crippen molar-refractivity contribution in [3.63, 3.8) is 0 Å². The van der Waals surface area contributed by atoms with Crippen LogP contribution in [0.1, 0.15) is 26.5 Å². The van der Waals surface area contributed by atoms with Crippen molar-refractivity contribution in [2.45, 2.75) is 20.4 Å². The average Bonchev–Trinajstić information content (AvgIpc) is 2.82. The lowest BCUT2D eigenvalue weighted by Crippen LogP contribution is -2.05. The number of hydrogen-bond donors (Lipinski definition) is 1. The fourth-order valence-electron chi connectivity index (χ4n) is 1.73. The molecule has 4 nitrogen and oxygen atoms in total. The van der Waals surface area contributed by atoms with Crippen molar-refractivity contribution in [3.05, 3.63) is 45.4 Å². The number of thiazole rings is 1. The van der Waals surface area contributed by atoms with Crippen molar-refractivity contribution in [3.8, 4) is 0 Å². The second kappa shape index (κ2) is 5.84. The molecule has 0 fully saturated rings. The quantitative estimate of drug-likeness (QED) is 0.872. The van der Waals surface area contributed by atoms with Crippen LogP contribution in [0.25, 0.3) is 0 Å². The number of ether oxygens (including phenoxy) is 1. The van der Waals surface area contributed by atoms with E-state index in [0.29, 0.717) is 12.1 Å². The number of carbonyl (C=O) groups excluding carboxylic acids is 1. The van der Waals surface area contributed by atoms with Crippen molar-refractivity contribution in [2.24, 2.45) is 0 Å². The summed E-state index contributed by atoms with van der Waals surface area (Å²) in [6, 6.07) is 5.50. The average molecular weight is 276 g/mol. The summed E-state index contributed by atoms with van der Waals surface area (Å²) >= 11 is 1.62. The molecular weight excluding hydrogens is 260 g/mol. The Morgan fingerprint density at radius 3 is 2.84 bits per heavy atom. The molecule has 1 heterocycles. The summed E-state index contributed by atoms with van der Waals surface area (Å²) in [4.78, 5) is 16.9. The lowest BCUT2D eigenvalue weighted by molar-refractivity contribution is 0.0601. The van der Waals surface area contributed by atoms with Crippen LogP contribution in [0.4, 0.5) is 5.69 Å². The molecule has 0 bridgehead atoms. The van der Waals surface area contributed by atoms with E-state index in [1.807, 2.05) is 31.5 Å². The first-order valence-corrected chi connectivity index (χ1v) is 6.81. The number of carbonyl (C=O) groups is 1. The molecule has 0 unspecified atom stereocenters. The number of methoxy groups -OCH3 is 1. The Labute approximate surface area is 116 Å². The zero-order chi connectivity index (χ0) is 13.8. The summed E-state index contributed by atoms with van der Waals surface area (Å²) in [5.41, 5.74) is 5.46. The topological polar surface area (TPSA) is 51.2 Å². The van der Waals surface area contributed by atoms with E-state index in [9.17, 15) is 4.79 Å². The van der Waals surface area contributed by atoms with Gasteiger partial charge in [-0.2, -0.15) is 0 Å². The van der Waals surface area contributed by atoms with Crippen LogP contribution < -0.4 is 5.32 Å². The predicted molar refractivity (Wildman–Crippen MR) is 76.7 cm³/mol. The second-order valence-corrected chi connectivity index (χ2v) is 5.18. The summed E-state index contributed by atoms with van der Waals surface area (Å²) in [5.74, 6) is -0.322. The number of anilines is 1. The molecule has 1 aromatic heterocycles. The fourth-order valence-corrected chi connectivity index (χ4v) is 2.45. The Morgan fingerprint density at radius 2 is 2.21 bits per heavy atom. The third-order valence-electron chi connectivity index (χ3n) is 2.94. The van der Waals surface area contributed by atoms with E-state index < -0.39 is 0 Å². The smallest absolute Gasteiger partial charge is 0.337 e. The van der Waals surface area contributed by atoms with Gasteiger partial charge in [0.25, 0.3) is 0 Å². The van der Waals surface area contributed by atoms with Gasteiger partial charge in [-0.1, -0.05) is 6.07 Å². The maximum absolute atomic E-state index is 11.5. The van der Waals surface area contributed by atoms with Crippen LogP contribution in [0.3, 0.4) is 0 Å². The fraction of sp³-hybridized carbons (Fsp3) is 0.286. The number of esters is 1. The standard InChI is InChI=1S/C14H16N2O2S/c1-9-4-5-11(14(17)18-3)6-12(9)15-7-13-10(2)16-8-19-13/h4-6,8,15H,7H2,1-3H3. The van der Waals surface area contributed by atoms with E-state index in [1.165, 1.54) is 12.0 Å². The van der Waals surface area contributed by atoms with Gasteiger partial charge in [-0.3, -0.25) is 0 Å². The van der Waals surface area contributed by atoms with Crippen LogP contribution in [0.2, 0.25) is 0 Å². The molecule has 0 aliphatic carbocycles. The van der Waals surface area contributed by atoms with Gasteiger partial charge in [-0.15, -0.1) is 11.3 Å². The number of nitrogens with one attached hydrogen (secondary N) is 1. The minimum atomic E-state index is -0.322. The molecule has 2 rings (SSSR count). The van der Waals surface area contributed by atoms with Crippen LogP contribution in [-0.2, 0) is 11.3 Å². The van der Waals surface area contributed by atoms with Crippen molar-refractivity contribution in [2.75, 3.05) is 12.4 Å². The maximum atomic E-state index is 11.5. The third-order valence-corrected chi connectivity index (χ3v) is 3.88. The number of aromatic nitrogens is 1. The highest BCUT2D eigenvalue weighted by atomic mass is 32.1. The molecular formula is C14H16N2O2S. The highest BCUT2D eigenvalue weighted by Gasteiger charge is 2.08. The van der Waals surface area contributed by atoms with E-state index in [-0.39, 0.29) is 5.97 Å². The molecule has 0 radical (unpaired) electrons. The van der Waals surface area contributed by atoms with Crippen molar-refractivity contribution >= 4 is 23.0 Å². The van der Waals surface area contributed by atoms with Crippen LogP contribution in [0.5, 0.6) is 0 Å². The van der Waals surface area contributed by atoms with Crippen LogP contribution >= 0.6 is 11.3 Å². The molecule has 0 atom stereocenters. The van der Waals surface area contributed by atoms with Crippen molar-refractivity contribution < 1.29 is 9.53 Å². The minimum absolute atomic E-state index is 0.322. The highest BCUT2D eigenvalue weighted by molar-refractivity contribution is 7.09. The van der Waals surface area contributed by atoms with Gasteiger partial charge in [0.05, 0.1) is 30.4 Å². The van der Waals surface area contributed by atoms with E-state index in [0.717, 1.165) is 16.9 Å². The summed E-state index contributed by atoms with van der Waals surface area (Å²) in [5, 5.41) is 3.34. The summed E-state index contributed by atoms with van der Waals surface area (Å²) < 4.78 is 4.73. The molecule has 1 N–H and O–H groups in total. The van der Waals surface area contributed by atoms with E-state index >= 15 is 0 Å². The molecule has 0 amide bonds. The molecule has 2 aromatic rings. The molecule has 0 spiro atoms. The number of aryl methyl sites for hydroxylation is 2. The molecule has 0 saturated heterocycles. The summed E-state index contributed by atoms with van der Waals surface area (Å²) in [6.45, 7) is 4.70. The zero-order valence-corrected chi connectivity index (χ0v) is 12.0. The third kappa shape index (κ3) is 3.12. The highest BCUT2D eigenvalue weighted by Crippen LogP contribution is 2.20. The Kier molecular flexibility index (Phi) is 4.16. The van der Waals surface area contributed by atoms with Crippen molar-refractivity contribution in [1.29, 1.82) is 0 Å². The number of nitrogens with zero attached hydrogens (tertiary/aromatic N) is 1. The van der Waals surface area contributed by atoms with Crippen molar-refractivity contribution in [1.82, 2.24) is 4.98 Å². The van der Waals surface area contributed by atoms with Crippen LogP contribution in [0.15, 0.2) is 23.7 Å². The van der Waals surface area contributed by atoms with Gasteiger partial charge in [0.1, 0.15) is 0 Å². The van der Waals surface area contributed by atoms with Gasteiger partial charge >= 0.3 is 5.97 Å². The molecule has 0 aliphatic rings. The SMILES string of the molecule is COC(=O)c1ccc(C)c(NCc2scnc2C)c1. The van der Waals surface area contributed by atoms with Gasteiger partial charge in [-0.25, -0.2) is 9.78 Å². The zero-order valence-electron chi connectivity index (χ0n) is 11.2. The first-order valence-electron chi connectivity index (χ1n) is 5.93. The molecule has 100 valence electrons. The molecule has 1 aromatic carbocycles. The van der Waals surface area contributed by atoms with Gasteiger partial charge in [0.15, 0.2) is 0 Å². The monoisotopic (exact) mass is 276 g/mol.